The average molecular weight is 478 g/mol. The molecule has 0 atom stereocenters. The molecule has 3 heterocycles. The molecule has 0 fully saturated rings. The number of nitrogens with zero attached hydrogens (tertiary/aromatic N) is 3. The number of anilines is 1. The van der Waals surface area contributed by atoms with Crippen LogP contribution >= 0.6 is 27.3 Å². The van der Waals surface area contributed by atoms with E-state index >= 15 is 0 Å². The number of hydrogen-bond acceptors (Lipinski definition) is 5. The quantitative estimate of drug-likeness (QED) is 0.385. The molecule has 0 aliphatic rings. The molecule has 2 aromatic carbocycles. The van der Waals surface area contributed by atoms with Crippen LogP contribution in [0.4, 0.5) is 5.82 Å². The van der Waals surface area contributed by atoms with Gasteiger partial charge in [-0.05, 0) is 41.8 Å². The Hall–Kier alpha value is -3.23. The molecule has 0 saturated heterocycles. The van der Waals surface area contributed by atoms with Crippen LogP contribution in [0.3, 0.4) is 0 Å². The normalized spacial score (nSPS) is 11.2. The Morgan fingerprint density at radius 2 is 1.87 bits per heavy atom. The molecule has 5 aromatic rings. The van der Waals surface area contributed by atoms with E-state index in [9.17, 15) is 4.79 Å². The minimum atomic E-state index is -0.274. The fourth-order valence-corrected chi connectivity index (χ4v) is 4.46. The highest BCUT2D eigenvalue weighted by Crippen LogP contribution is 2.31. The molecule has 148 valence electrons. The van der Waals surface area contributed by atoms with Crippen molar-refractivity contribution in [2.24, 2.45) is 0 Å². The number of thiophene rings is 1. The van der Waals surface area contributed by atoms with Gasteiger partial charge in [-0.15, -0.1) is 11.3 Å². The number of fused-ring (bicyclic) bond motifs is 2. The lowest BCUT2D eigenvalue weighted by Crippen LogP contribution is -2.23. The number of nitrogen functional groups attached to an aromatic ring is 1. The Bertz CT molecular complexity index is 1390. The summed E-state index contributed by atoms with van der Waals surface area (Å²) in [6, 6.07) is 19.2. The van der Waals surface area contributed by atoms with Crippen molar-refractivity contribution >= 4 is 61.2 Å². The summed E-state index contributed by atoms with van der Waals surface area (Å²) in [7, 11) is 0. The minimum absolute atomic E-state index is 0.274. The number of carbonyl (C=O) groups is 1. The third kappa shape index (κ3) is 3.24. The Kier molecular flexibility index (Phi) is 4.72. The van der Waals surface area contributed by atoms with Gasteiger partial charge in [-0.2, -0.15) is 0 Å². The van der Waals surface area contributed by atoms with Gasteiger partial charge in [-0.3, -0.25) is 9.36 Å². The molecule has 0 saturated carbocycles. The first-order valence-corrected chi connectivity index (χ1v) is 10.9. The van der Waals surface area contributed by atoms with Gasteiger partial charge >= 0.3 is 0 Å². The predicted molar refractivity (Wildman–Crippen MR) is 124 cm³/mol. The first-order valence-electron chi connectivity index (χ1n) is 9.25. The molecular weight excluding hydrogens is 462 g/mol. The number of carbonyl (C=O) groups excluding carboxylic acids is 1. The lowest BCUT2D eigenvalue weighted by Gasteiger charge is -2.08. The van der Waals surface area contributed by atoms with E-state index in [1.165, 1.54) is 0 Å². The second-order valence-electron chi connectivity index (χ2n) is 6.72. The van der Waals surface area contributed by atoms with E-state index < -0.39 is 0 Å². The van der Waals surface area contributed by atoms with Gasteiger partial charge < -0.3 is 11.1 Å². The Balaban J connectivity index is 1.71. The molecule has 0 spiro atoms. The van der Waals surface area contributed by atoms with E-state index in [0.717, 1.165) is 20.6 Å². The van der Waals surface area contributed by atoms with Crippen molar-refractivity contribution in [3.8, 4) is 5.69 Å². The van der Waals surface area contributed by atoms with Crippen molar-refractivity contribution in [1.82, 2.24) is 19.9 Å². The van der Waals surface area contributed by atoms with Crippen molar-refractivity contribution < 1.29 is 4.79 Å². The summed E-state index contributed by atoms with van der Waals surface area (Å²) in [5.74, 6) is 0.0336. The summed E-state index contributed by atoms with van der Waals surface area (Å²) in [4.78, 5) is 23.7. The van der Waals surface area contributed by atoms with Crippen LogP contribution in [0.15, 0.2) is 70.5 Å². The van der Waals surface area contributed by atoms with Crippen LogP contribution in [0.25, 0.3) is 27.9 Å². The van der Waals surface area contributed by atoms with Crippen molar-refractivity contribution in [2.45, 2.75) is 6.54 Å². The third-order valence-electron chi connectivity index (χ3n) is 4.79. The second kappa shape index (κ2) is 7.55. The van der Waals surface area contributed by atoms with Crippen molar-refractivity contribution in [1.29, 1.82) is 0 Å². The monoisotopic (exact) mass is 477 g/mol. The lowest BCUT2D eigenvalue weighted by atomic mass is 10.2. The number of halogens is 1. The molecule has 0 bridgehead atoms. The second-order valence-corrected chi connectivity index (χ2v) is 8.67. The molecule has 0 aliphatic heterocycles. The van der Waals surface area contributed by atoms with E-state index in [-0.39, 0.29) is 5.91 Å². The molecule has 30 heavy (non-hydrogen) atoms. The van der Waals surface area contributed by atoms with E-state index in [1.807, 2.05) is 66.0 Å². The SMILES string of the molecule is Nc1c(C(=O)NCc2cccs2)c2nc3ccccc3nc2n1-c1cccc(Br)c1. The fraction of sp³-hybridized carbons (Fsp3) is 0.0455. The number of amides is 1. The van der Waals surface area contributed by atoms with Crippen LogP contribution in [0.5, 0.6) is 0 Å². The molecule has 3 N–H and O–H groups in total. The van der Waals surface area contributed by atoms with Crippen molar-refractivity contribution in [3.05, 3.63) is 81.0 Å². The minimum Gasteiger partial charge on any atom is -0.384 e. The number of para-hydroxylation sites is 2. The van der Waals surface area contributed by atoms with Crippen molar-refractivity contribution in [2.75, 3.05) is 5.73 Å². The number of rotatable bonds is 4. The Labute approximate surface area is 184 Å². The summed E-state index contributed by atoms with van der Waals surface area (Å²) in [6.07, 6.45) is 0. The lowest BCUT2D eigenvalue weighted by molar-refractivity contribution is 0.0953. The molecule has 0 radical (unpaired) electrons. The van der Waals surface area contributed by atoms with Gasteiger partial charge in [0, 0.05) is 9.35 Å². The van der Waals surface area contributed by atoms with Gasteiger partial charge in [-0.1, -0.05) is 40.2 Å². The van der Waals surface area contributed by atoms with Gasteiger partial charge in [0.1, 0.15) is 16.9 Å². The van der Waals surface area contributed by atoms with Gasteiger partial charge in [0.2, 0.25) is 0 Å². The molecule has 6 nitrogen and oxygen atoms in total. The van der Waals surface area contributed by atoms with Crippen molar-refractivity contribution in [3.63, 3.8) is 0 Å². The van der Waals surface area contributed by atoms with Gasteiger partial charge in [0.15, 0.2) is 5.65 Å². The summed E-state index contributed by atoms with van der Waals surface area (Å²) < 4.78 is 2.68. The standard InChI is InChI=1S/C22H16BrN5OS/c23-13-5-3-6-14(11-13)28-20(24)18(22(29)25-12-15-7-4-10-30-15)19-21(28)27-17-9-2-1-8-16(17)26-19/h1-11H,12,24H2,(H,25,29). The molecule has 5 rings (SSSR count). The number of nitrogens with two attached hydrogens (primary N) is 1. The highest BCUT2D eigenvalue weighted by atomic mass is 79.9. The molecule has 8 heteroatoms. The maximum atomic E-state index is 13.1. The first-order chi connectivity index (χ1) is 14.6. The third-order valence-corrected chi connectivity index (χ3v) is 6.16. The van der Waals surface area contributed by atoms with Crippen LogP contribution in [0.2, 0.25) is 0 Å². The van der Waals surface area contributed by atoms with E-state index in [1.54, 1.807) is 15.9 Å². The molecule has 1 amide bonds. The Morgan fingerprint density at radius 1 is 1.07 bits per heavy atom. The number of aromatic nitrogens is 3. The number of nitrogens with one attached hydrogen (secondary N) is 1. The highest BCUT2D eigenvalue weighted by molar-refractivity contribution is 9.10. The summed E-state index contributed by atoms with van der Waals surface area (Å²) in [5.41, 5.74) is 10.1. The maximum Gasteiger partial charge on any atom is 0.257 e. The zero-order valence-electron chi connectivity index (χ0n) is 15.7. The van der Waals surface area contributed by atoms with Gasteiger partial charge in [-0.25, -0.2) is 9.97 Å². The van der Waals surface area contributed by atoms with E-state index in [0.29, 0.717) is 34.6 Å². The van der Waals surface area contributed by atoms with Crippen LogP contribution in [0.1, 0.15) is 15.2 Å². The van der Waals surface area contributed by atoms with Crippen LogP contribution in [0, 0.1) is 0 Å². The number of benzene rings is 2. The smallest absolute Gasteiger partial charge is 0.257 e. The molecule has 3 aromatic heterocycles. The van der Waals surface area contributed by atoms with Crippen LogP contribution in [-0.2, 0) is 6.54 Å². The zero-order chi connectivity index (χ0) is 20.7. The van der Waals surface area contributed by atoms with Crippen LogP contribution in [-0.4, -0.2) is 20.4 Å². The maximum absolute atomic E-state index is 13.1. The topological polar surface area (TPSA) is 85.8 Å². The van der Waals surface area contributed by atoms with E-state index in [4.69, 9.17) is 15.7 Å². The van der Waals surface area contributed by atoms with Gasteiger partial charge in [0.05, 0.1) is 23.3 Å². The summed E-state index contributed by atoms with van der Waals surface area (Å²) in [6.45, 7) is 0.431. The summed E-state index contributed by atoms with van der Waals surface area (Å²) >= 11 is 5.09. The number of hydrogen-bond donors (Lipinski definition) is 2. The highest BCUT2D eigenvalue weighted by Gasteiger charge is 2.24. The molecular formula is C22H16BrN5OS. The van der Waals surface area contributed by atoms with Crippen LogP contribution < -0.4 is 11.1 Å². The summed E-state index contributed by atoms with van der Waals surface area (Å²) in [5, 5.41) is 4.94. The van der Waals surface area contributed by atoms with E-state index in [2.05, 4.69) is 21.2 Å². The Morgan fingerprint density at radius 3 is 2.60 bits per heavy atom. The largest absolute Gasteiger partial charge is 0.384 e. The molecule has 0 unspecified atom stereocenters. The average Bonchev–Trinajstić information content (AvgIpc) is 3.35. The molecule has 0 aliphatic carbocycles. The predicted octanol–water partition coefficient (Wildman–Crippen LogP) is 4.91. The van der Waals surface area contributed by atoms with Gasteiger partial charge in [0.25, 0.3) is 5.91 Å². The zero-order valence-corrected chi connectivity index (χ0v) is 18.1. The fourth-order valence-electron chi connectivity index (χ4n) is 3.43. The first kappa shape index (κ1) is 18.8.